The molecule has 2 aromatic carbocycles. The van der Waals surface area contributed by atoms with Gasteiger partial charge in [0, 0.05) is 35.8 Å². The van der Waals surface area contributed by atoms with Crippen LogP contribution in [-0.2, 0) is 6.61 Å². The Kier molecular flexibility index (Phi) is 6.86. The van der Waals surface area contributed by atoms with E-state index in [1.165, 1.54) is 17.6 Å². The molecular formula is C26H26N4O5. The number of carbonyl (C=O) groups excluding carboxylic acids is 1. The Balaban J connectivity index is 1.45. The second kappa shape index (κ2) is 10.2. The minimum atomic E-state index is -0.424. The summed E-state index contributed by atoms with van der Waals surface area (Å²) in [5.74, 6) is 1.65. The van der Waals surface area contributed by atoms with Crippen molar-refractivity contribution in [3.63, 3.8) is 0 Å². The predicted octanol–water partition coefficient (Wildman–Crippen LogP) is 4.55. The summed E-state index contributed by atoms with van der Waals surface area (Å²) >= 11 is 0. The molecule has 0 saturated carbocycles. The number of aromatic nitrogens is 2. The lowest BCUT2D eigenvalue weighted by Gasteiger charge is -2.13. The van der Waals surface area contributed by atoms with Gasteiger partial charge in [-0.3, -0.25) is 9.20 Å². The van der Waals surface area contributed by atoms with Gasteiger partial charge in [-0.25, -0.2) is 9.78 Å². The summed E-state index contributed by atoms with van der Waals surface area (Å²) in [6, 6.07) is 15.2. The lowest BCUT2D eigenvalue weighted by molar-refractivity contribution is 0.262. The number of aryl methyl sites for hydroxylation is 2. The van der Waals surface area contributed by atoms with Crippen LogP contribution in [0.4, 0.5) is 16.2 Å². The van der Waals surface area contributed by atoms with Crippen molar-refractivity contribution in [2.45, 2.75) is 20.5 Å². The largest absolute Gasteiger partial charge is 0.493 e. The van der Waals surface area contributed by atoms with Crippen LogP contribution in [0.5, 0.6) is 17.2 Å². The molecule has 180 valence electrons. The molecule has 0 saturated heterocycles. The highest BCUT2D eigenvalue weighted by atomic mass is 16.5. The highest BCUT2D eigenvalue weighted by Gasteiger charge is 2.10. The summed E-state index contributed by atoms with van der Waals surface area (Å²) in [6.07, 6.45) is 1.69. The first kappa shape index (κ1) is 23.6. The van der Waals surface area contributed by atoms with E-state index in [1.54, 1.807) is 43.6 Å². The molecule has 35 heavy (non-hydrogen) atoms. The van der Waals surface area contributed by atoms with Crippen LogP contribution >= 0.6 is 0 Å². The fraction of sp³-hybridized carbons (Fsp3) is 0.192. The van der Waals surface area contributed by atoms with Crippen LogP contribution < -0.4 is 30.4 Å². The number of nitrogens with one attached hydrogen (secondary N) is 2. The van der Waals surface area contributed by atoms with E-state index in [1.807, 2.05) is 32.0 Å². The molecule has 0 fully saturated rings. The third kappa shape index (κ3) is 5.35. The lowest BCUT2D eigenvalue weighted by Crippen LogP contribution is -2.19. The SMILES string of the molecule is COc1ccc(NC(=O)Nc2ccc(C)c(OCc3cc(=O)n4cccc(C)c4n3)c2)cc1OC. The van der Waals surface area contributed by atoms with Crippen molar-refractivity contribution in [2.24, 2.45) is 0 Å². The number of urea groups is 1. The van der Waals surface area contributed by atoms with E-state index in [0.29, 0.717) is 40.0 Å². The highest BCUT2D eigenvalue weighted by Crippen LogP contribution is 2.30. The number of nitrogens with zero attached hydrogens (tertiary/aromatic N) is 2. The van der Waals surface area contributed by atoms with Gasteiger partial charge in [-0.1, -0.05) is 12.1 Å². The maximum atomic E-state index is 12.5. The first-order chi connectivity index (χ1) is 16.9. The molecular weight excluding hydrogens is 448 g/mol. The van der Waals surface area contributed by atoms with E-state index in [-0.39, 0.29) is 12.2 Å². The van der Waals surface area contributed by atoms with Crippen molar-refractivity contribution in [1.82, 2.24) is 9.38 Å². The smallest absolute Gasteiger partial charge is 0.323 e. The van der Waals surface area contributed by atoms with Crippen molar-refractivity contribution in [2.75, 3.05) is 24.9 Å². The number of pyridine rings is 1. The molecule has 0 spiro atoms. The van der Waals surface area contributed by atoms with Crippen molar-refractivity contribution in [1.29, 1.82) is 0 Å². The zero-order valence-corrected chi connectivity index (χ0v) is 19.9. The topological polar surface area (TPSA) is 103 Å². The molecule has 9 heteroatoms. The summed E-state index contributed by atoms with van der Waals surface area (Å²) < 4.78 is 17.9. The van der Waals surface area contributed by atoms with Gasteiger partial charge in [-0.2, -0.15) is 0 Å². The van der Waals surface area contributed by atoms with Crippen molar-refractivity contribution in [3.05, 3.63) is 88.0 Å². The molecule has 2 heterocycles. The number of carbonyl (C=O) groups is 1. The van der Waals surface area contributed by atoms with Crippen LogP contribution in [0, 0.1) is 13.8 Å². The molecule has 0 atom stereocenters. The third-order valence-electron chi connectivity index (χ3n) is 5.40. The molecule has 0 aliphatic heterocycles. The van der Waals surface area contributed by atoms with E-state index in [2.05, 4.69) is 15.6 Å². The summed E-state index contributed by atoms with van der Waals surface area (Å²) in [5, 5.41) is 5.56. The number of hydrogen-bond acceptors (Lipinski definition) is 6. The van der Waals surface area contributed by atoms with Crippen LogP contribution in [0.3, 0.4) is 0 Å². The van der Waals surface area contributed by atoms with Crippen LogP contribution in [0.1, 0.15) is 16.8 Å². The monoisotopic (exact) mass is 474 g/mol. The summed E-state index contributed by atoms with van der Waals surface area (Å²) in [7, 11) is 3.07. The minimum absolute atomic E-state index is 0.113. The van der Waals surface area contributed by atoms with Gasteiger partial charge >= 0.3 is 6.03 Å². The summed E-state index contributed by atoms with van der Waals surface area (Å²) in [5.41, 5.74) is 3.82. The molecule has 0 unspecified atom stereocenters. The number of fused-ring (bicyclic) bond motifs is 1. The van der Waals surface area contributed by atoms with Crippen LogP contribution in [0.25, 0.3) is 5.65 Å². The number of hydrogen-bond donors (Lipinski definition) is 2. The van der Waals surface area contributed by atoms with Gasteiger partial charge in [0.1, 0.15) is 18.0 Å². The van der Waals surface area contributed by atoms with E-state index < -0.39 is 6.03 Å². The predicted molar refractivity (Wildman–Crippen MR) is 134 cm³/mol. The number of rotatable bonds is 7. The number of anilines is 2. The Morgan fingerprint density at radius 3 is 2.29 bits per heavy atom. The summed E-state index contributed by atoms with van der Waals surface area (Å²) in [4.78, 5) is 29.5. The molecule has 2 aromatic heterocycles. The Morgan fingerprint density at radius 2 is 1.57 bits per heavy atom. The molecule has 0 aliphatic carbocycles. The second-order valence-electron chi connectivity index (χ2n) is 7.89. The molecule has 0 bridgehead atoms. The van der Waals surface area contributed by atoms with E-state index in [0.717, 1.165) is 11.1 Å². The molecule has 4 rings (SSSR count). The average Bonchev–Trinajstić information content (AvgIpc) is 2.85. The minimum Gasteiger partial charge on any atom is -0.493 e. The molecule has 0 aliphatic rings. The summed E-state index contributed by atoms with van der Waals surface area (Å²) in [6.45, 7) is 3.91. The van der Waals surface area contributed by atoms with E-state index in [9.17, 15) is 9.59 Å². The molecule has 2 amide bonds. The Hall–Kier alpha value is -4.53. The van der Waals surface area contributed by atoms with Crippen molar-refractivity contribution >= 4 is 23.1 Å². The van der Waals surface area contributed by atoms with Gasteiger partial charge < -0.3 is 24.8 Å². The van der Waals surface area contributed by atoms with Crippen LogP contribution in [0.2, 0.25) is 0 Å². The first-order valence-corrected chi connectivity index (χ1v) is 10.9. The van der Waals surface area contributed by atoms with Gasteiger partial charge in [-0.15, -0.1) is 0 Å². The molecule has 0 radical (unpaired) electrons. The average molecular weight is 475 g/mol. The van der Waals surface area contributed by atoms with Crippen molar-refractivity contribution in [3.8, 4) is 17.2 Å². The number of benzene rings is 2. The lowest BCUT2D eigenvalue weighted by atomic mass is 10.2. The fourth-order valence-electron chi connectivity index (χ4n) is 3.58. The number of ether oxygens (including phenoxy) is 3. The Bertz CT molecular complexity index is 1450. The zero-order valence-electron chi connectivity index (χ0n) is 19.9. The highest BCUT2D eigenvalue weighted by molar-refractivity contribution is 6.00. The van der Waals surface area contributed by atoms with Gasteiger partial charge in [0.15, 0.2) is 11.5 Å². The fourth-order valence-corrected chi connectivity index (χ4v) is 3.58. The van der Waals surface area contributed by atoms with E-state index >= 15 is 0 Å². The molecule has 4 aromatic rings. The number of amides is 2. The van der Waals surface area contributed by atoms with E-state index in [4.69, 9.17) is 14.2 Å². The molecule has 2 N–H and O–H groups in total. The maximum Gasteiger partial charge on any atom is 0.323 e. The van der Waals surface area contributed by atoms with Gasteiger partial charge in [-0.05, 0) is 49.2 Å². The Labute approximate surface area is 202 Å². The zero-order chi connectivity index (χ0) is 24.9. The van der Waals surface area contributed by atoms with Gasteiger partial charge in [0.2, 0.25) is 0 Å². The second-order valence-corrected chi connectivity index (χ2v) is 7.89. The first-order valence-electron chi connectivity index (χ1n) is 10.9. The third-order valence-corrected chi connectivity index (χ3v) is 5.40. The number of methoxy groups -OCH3 is 2. The quantitative estimate of drug-likeness (QED) is 0.407. The standard InChI is InChI=1S/C26H26N4O5/c1-16-7-8-18(28-26(32)29-19-9-10-21(33-3)23(13-19)34-4)12-22(16)35-15-20-14-24(31)30-11-5-6-17(2)25(30)27-20/h5-14H,15H2,1-4H3,(H2,28,29,32). The van der Waals surface area contributed by atoms with Gasteiger partial charge in [0.25, 0.3) is 5.56 Å². The maximum absolute atomic E-state index is 12.5. The van der Waals surface area contributed by atoms with Crippen LogP contribution in [-0.4, -0.2) is 29.6 Å². The van der Waals surface area contributed by atoms with Crippen molar-refractivity contribution < 1.29 is 19.0 Å². The van der Waals surface area contributed by atoms with Gasteiger partial charge in [0.05, 0.1) is 19.9 Å². The Morgan fingerprint density at radius 1 is 0.886 bits per heavy atom. The normalized spacial score (nSPS) is 10.6. The van der Waals surface area contributed by atoms with Crippen LogP contribution in [0.15, 0.2) is 65.6 Å². The molecule has 9 nitrogen and oxygen atoms in total.